The summed E-state index contributed by atoms with van der Waals surface area (Å²) in [6.45, 7) is 0. The topological polar surface area (TPSA) is 0 Å². The zero-order valence-corrected chi connectivity index (χ0v) is 16.1. The van der Waals surface area contributed by atoms with Crippen LogP contribution >= 0.6 is 86.7 Å². The summed E-state index contributed by atoms with van der Waals surface area (Å²) in [5, 5.41) is 0.734. The van der Waals surface area contributed by atoms with Crippen LogP contribution in [-0.2, 0) is 0 Å². The van der Waals surface area contributed by atoms with Gasteiger partial charge in [-0.2, -0.15) is 0 Å². The van der Waals surface area contributed by atoms with Crippen LogP contribution < -0.4 is 0 Å². The van der Waals surface area contributed by atoms with Crippen molar-refractivity contribution in [3.63, 3.8) is 0 Å². The van der Waals surface area contributed by atoms with Gasteiger partial charge in [-0.3, -0.25) is 0 Å². The van der Waals surface area contributed by atoms with Crippen LogP contribution in [0.5, 0.6) is 0 Å². The van der Waals surface area contributed by atoms with Crippen LogP contribution in [0.15, 0.2) is 36.3 Å². The van der Waals surface area contributed by atoms with E-state index in [4.69, 9.17) is 11.6 Å². The number of rotatable bonds is 2. The summed E-state index contributed by atoms with van der Waals surface area (Å²) in [4.78, 5) is 0.104. The molecule has 0 bridgehead atoms. The Hall–Kier alpha value is 1.13. The lowest BCUT2D eigenvalue weighted by Crippen LogP contribution is -1.93. The molecule has 0 aliphatic rings. The maximum atomic E-state index is 6.03. The van der Waals surface area contributed by atoms with E-state index in [-0.39, 0.29) is 4.83 Å². The van der Waals surface area contributed by atoms with E-state index in [0.717, 1.165) is 22.6 Å². The van der Waals surface area contributed by atoms with E-state index in [1.54, 1.807) is 11.3 Å². The largest absolute Gasteiger partial charge is 0.121 e. The summed E-state index contributed by atoms with van der Waals surface area (Å²) < 4.78 is 3.25. The predicted molar refractivity (Wildman–Crippen MR) is 89.6 cm³/mol. The number of alkyl halides is 1. The quantitative estimate of drug-likeness (QED) is 0.366. The van der Waals surface area contributed by atoms with Gasteiger partial charge >= 0.3 is 0 Å². The highest BCUT2D eigenvalue weighted by Crippen LogP contribution is 2.44. The minimum Gasteiger partial charge on any atom is -0.121 e. The van der Waals surface area contributed by atoms with Gasteiger partial charge in [-0.15, -0.1) is 11.3 Å². The smallest absolute Gasteiger partial charge is 0.0757 e. The van der Waals surface area contributed by atoms with Crippen molar-refractivity contribution in [3.8, 4) is 0 Å². The van der Waals surface area contributed by atoms with Crippen LogP contribution in [0.1, 0.15) is 16.0 Å². The van der Waals surface area contributed by atoms with Crippen molar-refractivity contribution in [2.75, 3.05) is 0 Å². The third-order valence-corrected chi connectivity index (χ3v) is 6.52. The van der Waals surface area contributed by atoms with Gasteiger partial charge in [0.05, 0.1) is 12.4 Å². The highest BCUT2D eigenvalue weighted by Gasteiger charge is 2.18. The Bertz CT molecular complexity index is 552. The first-order valence-electron chi connectivity index (χ1n) is 4.53. The lowest BCUT2D eigenvalue weighted by atomic mass is 10.1. The monoisotopic (exact) mass is 520 g/mol. The molecule has 1 unspecified atom stereocenters. The summed E-state index contributed by atoms with van der Waals surface area (Å²) in [6.07, 6.45) is 0. The van der Waals surface area contributed by atoms with Crippen LogP contribution in [0.3, 0.4) is 0 Å². The molecule has 90 valence electrons. The molecule has 0 saturated carbocycles. The molecule has 0 fully saturated rings. The number of thiophene rings is 1. The summed E-state index contributed by atoms with van der Waals surface area (Å²) in [5.41, 5.74) is 2.30. The zero-order chi connectivity index (χ0) is 12.6. The van der Waals surface area contributed by atoms with Gasteiger partial charge in [0.2, 0.25) is 0 Å². The molecule has 1 atom stereocenters. The van der Waals surface area contributed by atoms with Crippen LogP contribution in [0, 0.1) is 0 Å². The first-order valence-corrected chi connectivity index (χ1v) is 9.01. The number of hydrogen-bond acceptors (Lipinski definition) is 1. The number of halogens is 5. The third-order valence-electron chi connectivity index (χ3n) is 2.19. The third kappa shape index (κ3) is 3.37. The van der Waals surface area contributed by atoms with Crippen molar-refractivity contribution in [2.24, 2.45) is 0 Å². The summed E-state index contributed by atoms with van der Waals surface area (Å²) in [6, 6.07) is 7.89. The standard InChI is InChI=1S/C11H5Br4ClS/c12-8-2-1-5(16)3-6(8)10(14)7-4-9(13)17-11(7)15/h1-4,10H. The molecule has 2 aromatic rings. The molecule has 1 aromatic carbocycles. The molecule has 17 heavy (non-hydrogen) atoms. The van der Waals surface area contributed by atoms with E-state index in [0.29, 0.717) is 0 Å². The highest BCUT2D eigenvalue weighted by molar-refractivity contribution is 9.12. The molecule has 0 N–H and O–H groups in total. The molecule has 0 radical (unpaired) electrons. The molecule has 0 amide bonds. The molecule has 0 spiro atoms. The molecule has 0 aliphatic carbocycles. The fraction of sp³-hybridized carbons (Fsp3) is 0.0909. The SMILES string of the molecule is Clc1ccc(Br)c(C(Br)c2cc(Br)sc2Br)c1. The van der Waals surface area contributed by atoms with Crippen LogP contribution in [0.2, 0.25) is 5.02 Å². The van der Waals surface area contributed by atoms with E-state index < -0.39 is 0 Å². The summed E-state index contributed by atoms with van der Waals surface area (Å²) in [7, 11) is 0. The summed E-state index contributed by atoms with van der Waals surface area (Å²) >= 11 is 22.0. The Morgan fingerprint density at radius 2 is 1.76 bits per heavy atom. The first kappa shape index (κ1) is 14.5. The highest BCUT2D eigenvalue weighted by atomic mass is 79.9. The van der Waals surface area contributed by atoms with Gasteiger partial charge < -0.3 is 0 Å². The summed E-state index contributed by atoms with van der Waals surface area (Å²) in [5.74, 6) is 0. The molecular weight excluding hydrogens is 519 g/mol. The average molecular weight is 524 g/mol. The van der Waals surface area contributed by atoms with Gasteiger partial charge in [0.15, 0.2) is 0 Å². The van der Waals surface area contributed by atoms with Crippen molar-refractivity contribution in [1.29, 1.82) is 0 Å². The number of benzene rings is 1. The van der Waals surface area contributed by atoms with E-state index in [1.165, 1.54) is 5.56 Å². The van der Waals surface area contributed by atoms with Gasteiger partial charge in [0.1, 0.15) is 0 Å². The Balaban J connectivity index is 2.46. The second-order valence-corrected chi connectivity index (χ2v) is 9.26. The maximum absolute atomic E-state index is 6.03. The van der Waals surface area contributed by atoms with E-state index in [2.05, 4.69) is 69.8 Å². The van der Waals surface area contributed by atoms with Crippen molar-refractivity contribution in [3.05, 3.63) is 52.5 Å². The molecule has 0 saturated heterocycles. The second-order valence-electron chi connectivity index (χ2n) is 3.31. The second kappa shape index (κ2) is 6.06. The fourth-order valence-corrected chi connectivity index (χ4v) is 6.47. The van der Waals surface area contributed by atoms with Crippen LogP contribution in [0.4, 0.5) is 0 Å². The maximum Gasteiger partial charge on any atom is 0.0757 e. The molecule has 2 rings (SSSR count). The molecule has 0 aliphatic heterocycles. The van der Waals surface area contributed by atoms with Crippen molar-refractivity contribution in [1.82, 2.24) is 0 Å². The van der Waals surface area contributed by atoms with Crippen LogP contribution in [0.25, 0.3) is 0 Å². The van der Waals surface area contributed by atoms with Gasteiger partial charge in [-0.1, -0.05) is 43.5 Å². The average Bonchev–Trinajstić information content (AvgIpc) is 2.60. The van der Waals surface area contributed by atoms with E-state index in [1.807, 2.05) is 18.2 Å². The lowest BCUT2D eigenvalue weighted by molar-refractivity contribution is 1.17. The minimum absolute atomic E-state index is 0.104. The zero-order valence-electron chi connectivity index (χ0n) is 8.18. The lowest BCUT2D eigenvalue weighted by Gasteiger charge is -2.12. The Morgan fingerprint density at radius 1 is 1.06 bits per heavy atom. The Labute approximate surface area is 142 Å². The number of hydrogen-bond donors (Lipinski definition) is 0. The van der Waals surface area contributed by atoms with Crippen molar-refractivity contribution in [2.45, 2.75) is 4.83 Å². The molecule has 6 heteroatoms. The van der Waals surface area contributed by atoms with Crippen molar-refractivity contribution < 1.29 is 0 Å². The normalized spacial score (nSPS) is 12.8. The predicted octanol–water partition coefficient (Wildman–Crippen LogP) is 7.17. The van der Waals surface area contributed by atoms with E-state index >= 15 is 0 Å². The van der Waals surface area contributed by atoms with E-state index in [9.17, 15) is 0 Å². The first-order chi connectivity index (χ1) is 7.99. The fourth-order valence-electron chi connectivity index (χ4n) is 1.40. The Kier molecular flexibility index (Phi) is 5.18. The Morgan fingerprint density at radius 3 is 2.35 bits per heavy atom. The minimum atomic E-state index is 0.104. The van der Waals surface area contributed by atoms with Crippen molar-refractivity contribution >= 4 is 86.7 Å². The molecule has 0 nitrogen and oxygen atoms in total. The molecule has 1 aromatic heterocycles. The van der Waals surface area contributed by atoms with Crippen LogP contribution in [-0.4, -0.2) is 0 Å². The molecule has 1 heterocycles. The van der Waals surface area contributed by atoms with Gasteiger partial charge in [-0.25, -0.2) is 0 Å². The molecular formula is C11H5Br4ClS. The van der Waals surface area contributed by atoms with Gasteiger partial charge in [-0.05, 0) is 67.3 Å². The van der Waals surface area contributed by atoms with Gasteiger partial charge in [0.25, 0.3) is 0 Å². The van der Waals surface area contributed by atoms with Gasteiger partial charge in [0, 0.05) is 9.50 Å².